The molecule has 0 saturated carbocycles. The molecule has 6 atom stereocenters. The summed E-state index contributed by atoms with van der Waals surface area (Å²) < 4.78 is 0. The Morgan fingerprint density at radius 2 is 1.02 bits per heavy atom. The number of ketones is 3. The highest BCUT2D eigenvalue weighted by Gasteiger charge is 2.33. The van der Waals surface area contributed by atoms with Crippen LogP contribution in [0.3, 0.4) is 0 Å². The molecule has 0 aliphatic rings. The fraction of sp³-hybridized carbons (Fsp3) is 0.909. The summed E-state index contributed by atoms with van der Waals surface area (Å²) in [7, 11) is 0. The van der Waals surface area contributed by atoms with Crippen molar-refractivity contribution in [1.82, 2.24) is 0 Å². The van der Waals surface area contributed by atoms with Gasteiger partial charge in [0.15, 0.2) is 5.78 Å². The van der Waals surface area contributed by atoms with Gasteiger partial charge in [-0.3, -0.25) is 9.59 Å². The van der Waals surface area contributed by atoms with Crippen molar-refractivity contribution in [1.29, 1.82) is 0 Å². The molecule has 0 aromatic carbocycles. The van der Waals surface area contributed by atoms with Crippen LogP contribution in [-0.2, 0) is 14.4 Å². The van der Waals surface area contributed by atoms with Gasteiger partial charge < -0.3 is 35.4 Å². The Kier molecular flexibility index (Phi) is 32.4. The molecule has 42 heavy (non-hydrogen) atoms. The van der Waals surface area contributed by atoms with Crippen LogP contribution in [0.15, 0.2) is 0 Å². The van der Waals surface area contributed by atoms with E-state index in [1.165, 1.54) is 6.92 Å². The predicted octanol–water partition coefficient (Wildman–Crippen LogP) is 4.64. The van der Waals surface area contributed by atoms with E-state index in [0.717, 1.165) is 19.3 Å². The summed E-state index contributed by atoms with van der Waals surface area (Å²) in [5, 5.41) is 55.6. The zero-order valence-corrected chi connectivity index (χ0v) is 28.8. The average molecular weight is 609 g/mol. The second-order valence-corrected chi connectivity index (χ2v) is 12.7. The van der Waals surface area contributed by atoms with Crippen LogP contribution in [0.1, 0.15) is 134 Å². The minimum absolute atomic E-state index is 0.0718. The molecule has 254 valence electrons. The molecule has 9 heteroatoms. The molecule has 0 aliphatic heterocycles. The van der Waals surface area contributed by atoms with Crippen molar-refractivity contribution in [2.75, 3.05) is 0 Å². The number of hydrogen-bond donors (Lipinski definition) is 6. The lowest BCUT2D eigenvalue weighted by atomic mass is 9.95. The van der Waals surface area contributed by atoms with E-state index in [9.17, 15) is 34.8 Å². The molecular weight excluding hydrogens is 540 g/mol. The molecule has 6 N–H and O–H groups in total. The number of aliphatic hydroxyl groups is 6. The molecule has 0 fully saturated rings. The number of hydrogen-bond acceptors (Lipinski definition) is 9. The first-order valence-corrected chi connectivity index (χ1v) is 15.8. The third kappa shape index (κ3) is 31.7. The van der Waals surface area contributed by atoms with Gasteiger partial charge >= 0.3 is 0 Å². The predicted molar refractivity (Wildman–Crippen MR) is 170 cm³/mol. The van der Waals surface area contributed by atoms with E-state index in [1.54, 1.807) is 6.92 Å². The Hall–Kier alpha value is -1.23. The Balaban J connectivity index is -0.000000243. The van der Waals surface area contributed by atoms with Crippen molar-refractivity contribution < 1.29 is 45.0 Å². The maximum Gasteiger partial charge on any atom is 0.164 e. The van der Waals surface area contributed by atoms with Gasteiger partial charge in [-0.1, -0.05) is 76.2 Å². The van der Waals surface area contributed by atoms with Gasteiger partial charge in [-0.25, -0.2) is 0 Å². The number of carbonyl (C=O) groups is 3. The maximum absolute atomic E-state index is 11.4. The Labute approximate surface area is 257 Å². The minimum Gasteiger partial charge on any atom is -0.393 e. The SMILES string of the molecule is CC(=O)CCC(=O)CC(C)C.CCC(O)C(C)C.CCC(O)C(O)C(O)C(O)C(=O)CC(C)C.CCC(O)CC(C)C. The van der Waals surface area contributed by atoms with Gasteiger partial charge in [0.1, 0.15) is 29.9 Å². The summed E-state index contributed by atoms with van der Waals surface area (Å²) in [5.41, 5.74) is 0. The summed E-state index contributed by atoms with van der Waals surface area (Å²) in [6.45, 7) is 23.1. The molecule has 6 unspecified atom stereocenters. The fourth-order valence-electron chi connectivity index (χ4n) is 3.42. The average Bonchev–Trinajstić information content (AvgIpc) is 2.89. The molecule has 0 rings (SSSR count). The number of Topliss-reactive ketones (excluding diaryl/α,β-unsaturated/α-hetero) is 3. The number of rotatable bonds is 17. The van der Waals surface area contributed by atoms with Crippen molar-refractivity contribution in [3.8, 4) is 0 Å². The van der Waals surface area contributed by atoms with Crippen LogP contribution >= 0.6 is 0 Å². The van der Waals surface area contributed by atoms with E-state index in [2.05, 4.69) is 13.8 Å². The summed E-state index contributed by atoms with van der Waals surface area (Å²) >= 11 is 0. The highest BCUT2D eigenvalue weighted by molar-refractivity contribution is 5.85. The van der Waals surface area contributed by atoms with Crippen LogP contribution in [0.25, 0.3) is 0 Å². The van der Waals surface area contributed by atoms with Gasteiger partial charge in [0.25, 0.3) is 0 Å². The lowest BCUT2D eigenvalue weighted by Crippen LogP contribution is -2.47. The minimum atomic E-state index is -1.64. The highest BCUT2D eigenvalue weighted by Crippen LogP contribution is 2.12. The van der Waals surface area contributed by atoms with Crippen LogP contribution in [-0.4, -0.2) is 84.6 Å². The summed E-state index contributed by atoms with van der Waals surface area (Å²) in [6.07, 6.45) is -1.59. The first-order chi connectivity index (χ1) is 19.2. The van der Waals surface area contributed by atoms with Crippen molar-refractivity contribution >= 4 is 17.3 Å². The van der Waals surface area contributed by atoms with E-state index >= 15 is 0 Å². The molecule has 0 heterocycles. The van der Waals surface area contributed by atoms with Gasteiger partial charge in [-0.15, -0.1) is 0 Å². The zero-order valence-electron chi connectivity index (χ0n) is 28.8. The van der Waals surface area contributed by atoms with E-state index in [-0.39, 0.29) is 42.5 Å². The van der Waals surface area contributed by atoms with E-state index in [1.807, 2.05) is 55.4 Å². The second kappa shape index (κ2) is 28.5. The molecular formula is C33H68O9. The lowest BCUT2D eigenvalue weighted by Gasteiger charge is -2.25. The fourth-order valence-corrected chi connectivity index (χ4v) is 3.42. The topological polar surface area (TPSA) is 173 Å². The van der Waals surface area contributed by atoms with Crippen molar-refractivity contribution in [3.63, 3.8) is 0 Å². The number of carbonyl (C=O) groups excluding carboxylic acids is 3. The molecule has 0 aliphatic carbocycles. The third-order valence-electron chi connectivity index (χ3n) is 6.22. The Bertz CT molecular complexity index is 662. The maximum atomic E-state index is 11.4. The zero-order chi connectivity index (χ0) is 34.2. The Morgan fingerprint density at radius 3 is 1.29 bits per heavy atom. The van der Waals surface area contributed by atoms with Gasteiger partial charge in [0.05, 0.1) is 18.3 Å². The third-order valence-corrected chi connectivity index (χ3v) is 6.22. The Morgan fingerprint density at radius 1 is 0.571 bits per heavy atom. The molecule has 0 aromatic rings. The molecule has 0 saturated heterocycles. The van der Waals surface area contributed by atoms with Gasteiger partial charge in [-0.05, 0) is 56.3 Å². The van der Waals surface area contributed by atoms with Crippen LogP contribution in [0.2, 0.25) is 0 Å². The summed E-state index contributed by atoms with van der Waals surface area (Å²) in [6, 6.07) is 0. The van der Waals surface area contributed by atoms with Gasteiger partial charge in [0.2, 0.25) is 0 Å². The second-order valence-electron chi connectivity index (χ2n) is 12.7. The molecule has 0 aromatic heterocycles. The van der Waals surface area contributed by atoms with Crippen LogP contribution < -0.4 is 0 Å². The smallest absolute Gasteiger partial charge is 0.164 e. The first-order valence-electron chi connectivity index (χ1n) is 15.8. The normalized spacial score (nSPS) is 15.3. The molecule has 0 spiro atoms. The van der Waals surface area contributed by atoms with Gasteiger partial charge in [0, 0.05) is 25.7 Å². The van der Waals surface area contributed by atoms with E-state index in [4.69, 9.17) is 10.2 Å². The summed E-state index contributed by atoms with van der Waals surface area (Å²) in [4.78, 5) is 32.9. The van der Waals surface area contributed by atoms with Crippen molar-refractivity contribution in [2.24, 2.45) is 23.7 Å². The lowest BCUT2D eigenvalue weighted by molar-refractivity contribution is -0.145. The molecule has 0 radical (unpaired) electrons. The van der Waals surface area contributed by atoms with Crippen LogP contribution in [0, 0.1) is 23.7 Å². The molecule has 9 nitrogen and oxygen atoms in total. The first kappa shape index (κ1) is 47.7. The largest absolute Gasteiger partial charge is 0.393 e. The van der Waals surface area contributed by atoms with Gasteiger partial charge in [-0.2, -0.15) is 0 Å². The van der Waals surface area contributed by atoms with Crippen molar-refractivity contribution in [3.05, 3.63) is 0 Å². The van der Waals surface area contributed by atoms with Crippen molar-refractivity contribution in [2.45, 2.75) is 171 Å². The van der Waals surface area contributed by atoms with Crippen LogP contribution in [0.4, 0.5) is 0 Å². The quantitative estimate of drug-likeness (QED) is 0.137. The van der Waals surface area contributed by atoms with E-state index in [0.29, 0.717) is 37.0 Å². The van der Waals surface area contributed by atoms with E-state index < -0.39 is 30.2 Å². The monoisotopic (exact) mass is 608 g/mol. The summed E-state index contributed by atoms with van der Waals surface area (Å²) in [5.74, 6) is 1.31. The standard InChI is InChI=1S/C11H22O5.C9H16O2.C7H16O.C6H14O/c1-4-7(12)9(14)11(16)10(15)8(13)5-6(2)3;1-7(2)6-9(11)5-4-8(3)10;1-4-7(8)5-6(2)3;1-4-6(7)5(2)3/h6-7,9-12,14-16H,4-5H2,1-3H3;7H,4-6H2,1-3H3;6-8H,4-5H2,1-3H3;5-7H,4H2,1-3H3. The highest BCUT2D eigenvalue weighted by atomic mass is 16.4. The molecule has 0 bridgehead atoms. The van der Waals surface area contributed by atoms with Crippen LogP contribution in [0.5, 0.6) is 0 Å². The number of aliphatic hydroxyl groups excluding tert-OH is 6. The molecule has 0 amide bonds.